The average Bonchev–Trinajstić information content (AvgIpc) is 2.27. The minimum absolute atomic E-state index is 0.0527. The summed E-state index contributed by atoms with van der Waals surface area (Å²) >= 11 is 0. The van der Waals surface area contributed by atoms with Gasteiger partial charge in [-0.05, 0) is 39.5 Å². The maximum absolute atomic E-state index is 11.8. The first-order chi connectivity index (χ1) is 9.11. The van der Waals surface area contributed by atoms with Crippen LogP contribution in [0.2, 0.25) is 0 Å². The van der Waals surface area contributed by atoms with Crippen LogP contribution >= 0.6 is 0 Å². The third kappa shape index (κ3) is 4.62. The minimum Gasteiger partial charge on any atom is -0.494 e. The van der Waals surface area contributed by atoms with Crippen LogP contribution in [0.15, 0.2) is 10.9 Å². The molecule has 1 heterocycles. The molecular weight excluding hydrogens is 284 g/mol. The van der Waals surface area contributed by atoms with Crippen LogP contribution in [0.25, 0.3) is 0 Å². The summed E-state index contributed by atoms with van der Waals surface area (Å²) in [6.07, 6.45) is 0.634. The number of aromatic hydroxyl groups is 1. The highest BCUT2D eigenvalue weighted by atomic mass is 32.2. The molecule has 8 heteroatoms. The van der Waals surface area contributed by atoms with E-state index >= 15 is 0 Å². The molecule has 114 valence electrons. The molecule has 0 amide bonds. The molecule has 0 saturated carbocycles. The maximum Gasteiger partial charge on any atom is 0.269 e. The van der Waals surface area contributed by atoms with E-state index in [9.17, 15) is 18.3 Å². The summed E-state index contributed by atoms with van der Waals surface area (Å²) in [7, 11) is -0.489. The second-order valence-electron chi connectivity index (χ2n) is 5.00. The van der Waals surface area contributed by atoms with Gasteiger partial charge in [0.2, 0.25) is 0 Å². The first-order valence-electron chi connectivity index (χ1n) is 6.14. The zero-order chi connectivity index (χ0) is 15.5. The normalized spacial score (nSPS) is 12.1. The Labute approximate surface area is 118 Å². The van der Waals surface area contributed by atoms with Crippen LogP contribution in [0.3, 0.4) is 0 Å². The Morgan fingerprint density at radius 3 is 2.45 bits per heavy atom. The maximum atomic E-state index is 11.8. The second-order valence-corrected chi connectivity index (χ2v) is 6.45. The highest BCUT2D eigenvalue weighted by Gasteiger charge is 2.17. The lowest BCUT2D eigenvalue weighted by atomic mass is 10.1. The molecule has 0 aliphatic carbocycles. The molecule has 0 fully saturated rings. The Morgan fingerprint density at radius 1 is 1.35 bits per heavy atom. The molecule has 7 nitrogen and oxygen atoms in total. The van der Waals surface area contributed by atoms with E-state index in [4.69, 9.17) is 4.55 Å². The van der Waals surface area contributed by atoms with Crippen molar-refractivity contribution < 1.29 is 18.1 Å². The van der Waals surface area contributed by atoms with E-state index in [0.29, 0.717) is 12.0 Å². The molecule has 0 aliphatic rings. The lowest BCUT2D eigenvalue weighted by Gasteiger charge is -2.15. The number of nitrogens with zero attached hydrogens (tertiary/aromatic N) is 2. The lowest BCUT2D eigenvalue weighted by molar-refractivity contribution is 0.359. The van der Waals surface area contributed by atoms with Crippen molar-refractivity contribution in [3.8, 4) is 5.88 Å². The van der Waals surface area contributed by atoms with Gasteiger partial charge in [-0.3, -0.25) is 13.9 Å². The molecule has 0 unspecified atom stereocenters. The fourth-order valence-electron chi connectivity index (χ4n) is 1.92. The summed E-state index contributed by atoms with van der Waals surface area (Å²) in [6, 6.07) is 1.26. The van der Waals surface area contributed by atoms with Crippen LogP contribution in [0.5, 0.6) is 5.88 Å². The van der Waals surface area contributed by atoms with E-state index in [1.165, 1.54) is 13.0 Å². The molecule has 0 atom stereocenters. The zero-order valence-corrected chi connectivity index (χ0v) is 12.6. The van der Waals surface area contributed by atoms with Crippen molar-refractivity contribution in [2.75, 3.05) is 20.6 Å². The number of pyridine rings is 1. The minimum atomic E-state index is -4.27. The first kappa shape index (κ1) is 16.7. The topological polar surface area (TPSA) is 99.8 Å². The van der Waals surface area contributed by atoms with E-state index in [1.807, 2.05) is 19.0 Å². The Bertz CT molecular complexity index is 634. The number of hydrogen-bond acceptors (Lipinski definition) is 5. The van der Waals surface area contributed by atoms with Crippen molar-refractivity contribution in [3.05, 3.63) is 27.5 Å². The van der Waals surface area contributed by atoms with Gasteiger partial charge in [-0.15, -0.1) is 0 Å². The third-order valence-electron chi connectivity index (χ3n) is 2.92. The molecule has 20 heavy (non-hydrogen) atoms. The van der Waals surface area contributed by atoms with Crippen LogP contribution in [0.1, 0.15) is 17.5 Å². The van der Waals surface area contributed by atoms with Crippen LogP contribution in [0.4, 0.5) is 0 Å². The van der Waals surface area contributed by atoms with Gasteiger partial charge >= 0.3 is 0 Å². The van der Waals surface area contributed by atoms with E-state index in [-0.39, 0.29) is 12.1 Å². The van der Waals surface area contributed by atoms with E-state index < -0.39 is 27.3 Å². The second kappa shape index (κ2) is 6.38. The number of aromatic nitrogens is 1. The molecule has 0 bridgehead atoms. The molecular formula is C12H20N2O5S. The van der Waals surface area contributed by atoms with Gasteiger partial charge in [0, 0.05) is 18.2 Å². The van der Waals surface area contributed by atoms with Crippen LogP contribution in [-0.2, 0) is 22.4 Å². The first-order valence-corrected chi connectivity index (χ1v) is 7.75. The molecule has 1 rings (SSSR count). The Kier molecular flexibility index (Phi) is 5.32. The van der Waals surface area contributed by atoms with Crippen molar-refractivity contribution >= 4 is 10.1 Å². The monoisotopic (exact) mass is 304 g/mol. The molecule has 0 saturated heterocycles. The fourth-order valence-corrected chi connectivity index (χ4v) is 2.64. The summed E-state index contributed by atoms with van der Waals surface area (Å²) in [6.45, 7) is 2.53. The van der Waals surface area contributed by atoms with Gasteiger partial charge < -0.3 is 10.0 Å². The van der Waals surface area contributed by atoms with Gasteiger partial charge in [0.05, 0.1) is 0 Å². The summed E-state index contributed by atoms with van der Waals surface area (Å²) in [4.78, 5) is 13.8. The van der Waals surface area contributed by atoms with Gasteiger partial charge in [-0.25, -0.2) is 0 Å². The van der Waals surface area contributed by atoms with Gasteiger partial charge in [0.15, 0.2) is 5.88 Å². The SMILES string of the molecule is Cc1cc(=O)n(CCCN(C)C)c(O)c1CS(=O)(=O)O. The summed E-state index contributed by atoms with van der Waals surface area (Å²) in [5, 5.41) is 10.1. The predicted molar refractivity (Wildman–Crippen MR) is 75.5 cm³/mol. The molecule has 1 aromatic heterocycles. The summed E-state index contributed by atoms with van der Waals surface area (Å²) in [5.74, 6) is -1.11. The Balaban J connectivity index is 3.12. The van der Waals surface area contributed by atoms with Crippen LogP contribution < -0.4 is 5.56 Å². The van der Waals surface area contributed by atoms with Crippen LogP contribution in [-0.4, -0.2) is 48.2 Å². The average molecular weight is 304 g/mol. The van der Waals surface area contributed by atoms with Crippen molar-refractivity contribution in [2.45, 2.75) is 25.6 Å². The molecule has 2 N–H and O–H groups in total. The van der Waals surface area contributed by atoms with Crippen molar-refractivity contribution in [2.24, 2.45) is 0 Å². The van der Waals surface area contributed by atoms with Crippen molar-refractivity contribution in [1.82, 2.24) is 9.47 Å². The molecule has 0 spiro atoms. The number of hydrogen-bond donors (Lipinski definition) is 2. The highest BCUT2D eigenvalue weighted by molar-refractivity contribution is 7.85. The number of rotatable bonds is 6. The molecule has 1 aromatic rings. The van der Waals surface area contributed by atoms with Crippen molar-refractivity contribution in [1.29, 1.82) is 0 Å². The van der Waals surface area contributed by atoms with E-state index in [0.717, 1.165) is 11.1 Å². The van der Waals surface area contributed by atoms with E-state index in [1.54, 1.807) is 0 Å². The van der Waals surface area contributed by atoms with Gasteiger partial charge in [0.1, 0.15) is 5.75 Å². The van der Waals surface area contributed by atoms with Gasteiger partial charge in [0.25, 0.3) is 15.7 Å². The third-order valence-corrected chi connectivity index (χ3v) is 3.57. The van der Waals surface area contributed by atoms with Gasteiger partial charge in [-0.2, -0.15) is 8.42 Å². The quantitative estimate of drug-likeness (QED) is 0.728. The smallest absolute Gasteiger partial charge is 0.269 e. The van der Waals surface area contributed by atoms with E-state index in [2.05, 4.69) is 0 Å². The highest BCUT2D eigenvalue weighted by Crippen LogP contribution is 2.21. The Hall–Kier alpha value is -1.38. The predicted octanol–water partition coefficient (Wildman–Crippen LogP) is 0.202. The Morgan fingerprint density at radius 2 is 1.95 bits per heavy atom. The standard InChI is InChI=1S/C12H20N2O5S/c1-9-7-11(15)14(6-4-5-13(2)3)12(16)10(9)8-20(17,18)19/h7,16H,4-6,8H2,1-3H3,(H,17,18,19). The summed E-state index contributed by atoms with van der Waals surface area (Å²) < 4.78 is 31.9. The zero-order valence-electron chi connectivity index (χ0n) is 11.8. The largest absolute Gasteiger partial charge is 0.494 e. The van der Waals surface area contributed by atoms with Crippen LogP contribution in [0, 0.1) is 6.92 Å². The van der Waals surface area contributed by atoms with Gasteiger partial charge in [-0.1, -0.05) is 0 Å². The molecule has 0 radical (unpaired) electrons. The molecule has 0 aromatic carbocycles. The van der Waals surface area contributed by atoms with Crippen molar-refractivity contribution in [3.63, 3.8) is 0 Å². The number of aryl methyl sites for hydroxylation is 1. The fraction of sp³-hybridized carbons (Fsp3) is 0.583. The molecule has 0 aliphatic heterocycles. The summed E-state index contributed by atoms with van der Waals surface area (Å²) in [5.41, 5.74) is 0.00350. The lowest BCUT2D eigenvalue weighted by Crippen LogP contribution is -2.24.